The van der Waals surface area contributed by atoms with Crippen molar-refractivity contribution in [3.63, 3.8) is 0 Å². The Balaban J connectivity index is 2.27. The van der Waals surface area contributed by atoms with Gasteiger partial charge in [0.15, 0.2) is 0 Å². The number of piperidine rings is 1. The lowest BCUT2D eigenvalue weighted by Gasteiger charge is -2.33. The molecule has 1 aromatic heterocycles. The smallest absolute Gasteiger partial charge is 0.255 e. The maximum atomic E-state index is 12.6. The minimum Gasteiger partial charge on any atom is -0.336 e. The van der Waals surface area contributed by atoms with Gasteiger partial charge in [-0.1, -0.05) is 11.8 Å². The first kappa shape index (κ1) is 13.6. The number of aromatic nitrogens is 1. The molecule has 0 aliphatic carbocycles. The van der Waals surface area contributed by atoms with E-state index in [2.05, 4.69) is 23.7 Å². The van der Waals surface area contributed by atoms with Crippen LogP contribution in [-0.4, -0.2) is 34.9 Å². The molecule has 0 bridgehead atoms. The molecule has 1 amide bonds. The van der Waals surface area contributed by atoms with Crippen LogP contribution in [0, 0.1) is 11.8 Å². The molecule has 1 aliphatic rings. The normalized spacial score (nSPS) is 18.6. The molecule has 0 saturated carbocycles. The van der Waals surface area contributed by atoms with E-state index in [4.69, 9.17) is 5.73 Å². The molecule has 19 heavy (non-hydrogen) atoms. The fraction of sp³-hybridized carbons (Fsp3) is 0.467. The monoisotopic (exact) mass is 257 g/mol. The van der Waals surface area contributed by atoms with Gasteiger partial charge in [0.05, 0.1) is 17.7 Å². The molecule has 1 aromatic rings. The second-order valence-corrected chi connectivity index (χ2v) is 4.77. The fourth-order valence-electron chi connectivity index (χ4n) is 2.38. The summed E-state index contributed by atoms with van der Waals surface area (Å²) in [6.07, 6.45) is 6.60. The van der Waals surface area contributed by atoms with Crippen LogP contribution in [0.4, 0.5) is 0 Å². The highest BCUT2D eigenvalue weighted by atomic mass is 16.2. The molecule has 0 radical (unpaired) electrons. The van der Waals surface area contributed by atoms with Gasteiger partial charge in [-0.05, 0) is 32.3 Å². The summed E-state index contributed by atoms with van der Waals surface area (Å²) in [6.45, 7) is 3.21. The number of carbonyl (C=O) groups is 1. The van der Waals surface area contributed by atoms with E-state index < -0.39 is 0 Å². The summed E-state index contributed by atoms with van der Waals surface area (Å²) in [6, 6.07) is 2.04. The van der Waals surface area contributed by atoms with Gasteiger partial charge in [-0.15, -0.1) is 0 Å². The molecule has 1 unspecified atom stereocenters. The van der Waals surface area contributed by atoms with Gasteiger partial charge in [0.2, 0.25) is 0 Å². The third-order valence-corrected chi connectivity index (χ3v) is 3.44. The number of carbonyl (C=O) groups excluding carboxylic acids is 1. The van der Waals surface area contributed by atoms with Crippen LogP contribution in [0.25, 0.3) is 0 Å². The minimum absolute atomic E-state index is 0.0518. The molecule has 1 saturated heterocycles. The molecule has 2 rings (SSSR count). The van der Waals surface area contributed by atoms with E-state index in [0.717, 1.165) is 19.4 Å². The van der Waals surface area contributed by atoms with Crippen molar-refractivity contribution >= 4 is 5.91 Å². The number of pyridine rings is 1. The summed E-state index contributed by atoms with van der Waals surface area (Å²) in [5.41, 5.74) is 6.67. The standard InChI is InChI=1S/C15H19N3O/c1-12-5-2-3-10-18(12)15(19)14-7-9-17-11-13(14)6-4-8-16/h7,9,11-12H,2-3,5,8,10,16H2,1H3. The third-order valence-electron chi connectivity index (χ3n) is 3.44. The van der Waals surface area contributed by atoms with Gasteiger partial charge in [0.25, 0.3) is 5.91 Å². The number of hydrogen-bond donors (Lipinski definition) is 1. The Morgan fingerprint density at radius 3 is 3.16 bits per heavy atom. The van der Waals surface area contributed by atoms with Gasteiger partial charge in [-0.2, -0.15) is 0 Å². The van der Waals surface area contributed by atoms with Crippen LogP contribution in [0.5, 0.6) is 0 Å². The zero-order valence-corrected chi connectivity index (χ0v) is 11.2. The van der Waals surface area contributed by atoms with Gasteiger partial charge >= 0.3 is 0 Å². The van der Waals surface area contributed by atoms with Crippen LogP contribution in [0.2, 0.25) is 0 Å². The average Bonchev–Trinajstić information content (AvgIpc) is 2.45. The lowest BCUT2D eigenvalue weighted by atomic mass is 10.0. The Morgan fingerprint density at radius 2 is 2.42 bits per heavy atom. The van der Waals surface area contributed by atoms with E-state index in [9.17, 15) is 4.79 Å². The summed E-state index contributed by atoms with van der Waals surface area (Å²) in [4.78, 5) is 18.6. The number of hydrogen-bond acceptors (Lipinski definition) is 3. The van der Waals surface area contributed by atoms with Gasteiger partial charge in [0, 0.05) is 25.0 Å². The van der Waals surface area contributed by atoms with Crippen molar-refractivity contribution in [2.75, 3.05) is 13.1 Å². The molecule has 0 aromatic carbocycles. The first-order valence-corrected chi connectivity index (χ1v) is 6.68. The van der Waals surface area contributed by atoms with Crippen LogP contribution < -0.4 is 5.73 Å². The average molecular weight is 257 g/mol. The van der Waals surface area contributed by atoms with Crippen molar-refractivity contribution in [3.05, 3.63) is 29.6 Å². The van der Waals surface area contributed by atoms with E-state index in [-0.39, 0.29) is 12.5 Å². The molecule has 2 N–H and O–H groups in total. The van der Waals surface area contributed by atoms with Gasteiger partial charge in [-0.25, -0.2) is 0 Å². The van der Waals surface area contributed by atoms with Gasteiger partial charge in [-0.3, -0.25) is 9.78 Å². The van der Waals surface area contributed by atoms with Crippen molar-refractivity contribution in [2.45, 2.75) is 32.2 Å². The van der Waals surface area contributed by atoms with Crippen LogP contribution in [0.3, 0.4) is 0 Å². The lowest BCUT2D eigenvalue weighted by Crippen LogP contribution is -2.42. The highest BCUT2D eigenvalue weighted by Crippen LogP contribution is 2.20. The molecule has 0 spiro atoms. The Bertz CT molecular complexity index is 516. The number of amides is 1. The Hall–Kier alpha value is -1.86. The quantitative estimate of drug-likeness (QED) is 0.774. The SMILES string of the molecule is CC1CCCCN1C(=O)c1ccncc1C#CCN. The molecule has 1 fully saturated rings. The van der Waals surface area contributed by atoms with Crippen molar-refractivity contribution in [3.8, 4) is 11.8 Å². The van der Waals surface area contributed by atoms with Crippen molar-refractivity contribution in [1.29, 1.82) is 0 Å². The zero-order valence-electron chi connectivity index (χ0n) is 11.2. The van der Waals surface area contributed by atoms with E-state index in [0.29, 0.717) is 17.2 Å². The van der Waals surface area contributed by atoms with Gasteiger partial charge in [0.1, 0.15) is 0 Å². The van der Waals surface area contributed by atoms with Crippen LogP contribution in [-0.2, 0) is 0 Å². The lowest BCUT2D eigenvalue weighted by molar-refractivity contribution is 0.0635. The van der Waals surface area contributed by atoms with E-state index >= 15 is 0 Å². The number of rotatable bonds is 1. The van der Waals surface area contributed by atoms with Gasteiger partial charge < -0.3 is 10.6 Å². The summed E-state index contributed by atoms with van der Waals surface area (Å²) in [5.74, 6) is 5.76. The summed E-state index contributed by atoms with van der Waals surface area (Å²) < 4.78 is 0. The second kappa shape index (κ2) is 6.35. The summed E-state index contributed by atoms with van der Waals surface area (Å²) >= 11 is 0. The number of nitrogens with two attached hydrogens (primary N) is 1. The van der Waals surface area contributed by atoms with Crippen molar-refractivity contribution in [1.82, 2.24) is 9.88 Å². The Morgan fingerprint density at radius 1 is 1.58 bits per heavy atom. The van der Waals surface area contributed by atoms with Crippen LogP contribution >= 0.6 is 0 Å². The first-order valence-electron chi connectivity index (χ1n) is 6.68. The Labute approximate surface area is 114 Å². The summed E-state index contributed by atoms with van der Waals surface area (Å²) in [5, 5.41) is 0. The molecule has 1 aliphatic heterocycles. The molecule has 4 heteroatoms. The first-order chi connectivity index (χ1) is 9.24. The molecule has 4 nitrogen and oxygen atoms in total. The molecular weight excluding hydrogens is 238 g/mol. The Kier molecular flexibility index (Phi) is 4.53. The van der Waals surface area contributed by atoms with Crippen LogP contribution in [0.15, 0.2) is 18.5 Å². The molecular formula is C15H19N3O. The second-order valence-electron chi connectivity index (χ2n) is 4.77. The molecule has 1 atom stereocenters. The third kappa shape index (κ3) is 3.12. The number of nitrogens with zero attached hydrogens (tertiary/aromatic N) is 2. The van der Waals surface area contributed by atoms with E-state index in [1.54, 1.807) is 18.5 Å². The van der Waals surface area contributed by atoms with Crippen LogP contribution in [0.1, 0.15) is 42.1 Å². The maximum Gasteiger partial charge on any atom is 0.255 e. The van der Waals surface area contributed by atoms with Crippen molar-refractivity contribution < 1.29 is 4.79 Å². The van der Waals surface area contributed by atoms with E-state index in [1.807, 2.05) is 4.90 Å². The van der Waals surface area contributed by atoms with Crippen molar-refractivity contribution in [2.24, 2.45) is 5.73 Å². The minimum atomic E-state index is 0.0518. The molecule has 100 valence electrons. The highest BCUT2D eigenvalue weighted by molar-refractivity contribution is 5.96. The topological polar surface area (TPSA) is 59.2 Å². The molecule has 2 heterocycles. The predicted molar refractivity (Wildman–Crippen MR) is 74.5 cm³/mol. The zero-order chi connectivity index (χ0) is 13.7. The predicted octanol–water partition coefficient (Wildman–Crippen LogP) is 1.41. The maximum absolute atomic E-state index is 12.6. The summed E-state index contributed by atoms with van der Waals surface area (Å²) in [7, 11) is 0. The van der Waals surface area contributed by atoms with E-state index in [1.165, 1.54) is 6.42 Å². The highest BCUT2D eigenvalue weighted by Gasteiger charge is 2.25. The largest absolute Gasteiger partial charge is 0.336 e. The number of likely N-dealkylation sites (tertiary alicyclic amines) is 1. The fourth-order valence-corrected chi connectivity index (χ4v) is 2.38.